The van der Waals surface area contributed by atoms with Gasteiger partial charge in [-0.25, -0.2) is 9.59 Å². The molecule has 1 atom stereocenters. The summed E-state index contributed by atoms with van der Waals surface area (Å²) in [6, 6.07) is 3.45. The third kappa shape index (κ3) is 5.02. The standard InChI is InChI=1S/C16H22O8/c1-5-23-16(19)14(15(17)18)24-7-6-10-8-11(20-2)13(22-4)12(9-10)21-3/h8-9,14H,5-7H2,1-4H3,(H,17,18). The fourth-order valence-corrected chi connectivity index (χ4v) is 2.03. The number of hydrogen-bond acceptors (Lipinski definition) is 7. The van der Waals surface area contributed by atoms with Crippen LogP contribution in [0.25, 0.3) is 0 Å². The van der Waals surface area contributed by atoms with Gasteiger partial charge in [0.2, 0.25) is 5.75 Å². The number of carboxylic acids is 1. The van der Waals surface area contributed by atoms with E-state index in [4.69, 9.17) is 24.1 Å². The van der Waals surface area contributed by atoms with Crippen molar-refractivity contribution >= 4 is 11.9 Å². The maximum atomic E-state index is 11.5. The third-order valence-corrected chi connectivity index (χ3v) is 3.12. The van der Waals surface area contributed by atoms with E-state index < -0.39 is 18.0 Å². The summed E-state index contributed by atoms with van der Waals surface area (Å²) >= 11 is 0. The Labute approximate surface area is 140 Å². The van der Waals surface area contributed by atoms with Crippen LogP contribution >= 0.6 is 0 Å². The molecule has 0 radical (unpaired) electrons. The number of carbonyl (C=O) groups is 2. The second-order valence-corrected chi connectivity index (χ2v) is 4.62. The number of esters is 1. The summed E-state index contributed by atoms with van der Waals surface area (Å²) in [5.74, 6) is -0.896. The highest BCUT2D eigenvalue weighted by atomic mass is 16.6. The van der Waals surface area contributed by atoms with E-state index in [2.05, 4.69) is 4.74 Å². The average Bonchev–Trinajstić information content (AvgIpc) is 2.57. The van der Waals surface area contributed by atoms with Crippen molar-refractivity contribution < 1.29 is 38.4 Å². The Morgan fingerprint density at radius 2 is 1.67 bits per heavy atom. The molecule has 1 aromatic rings. The Hall–Kier alpha value is -2.48. The summed E-state index contributed by atoms with van der Waals surface area (Å²) in [5.41, 5.74) is 0.775. The smallest absolute Gasteiger partial charge is 0.347 e. The minimum absolute atomic E-state index is 0.00835. The average molecular weight is 342 g/mol. The van der Waals surface area contributed by atoms with Crippen molar-refractivity contribution in [1.29, 1.82) is 0 Å². The van der Waals surface area contributed by atoms with Crippen LogP contribution in [0.3, 0.4) is 0 Å². The molecule has 8 nitrogen and oxygen atoms in total. The van der Waals surface area contributed by atoms with E-state index in [1.165, 1.54) is 21.3 Å². The first kappa shape index (κ1) is 19.6. The van der Waals surface area contributed by atoms with Crippen LogP contribution in [0.1, 0.15) is 12.5 Å². The van der Waals surface area contributed by atoms with Gasteiger partial charge in [0.05, 0.1) is 34.5 Å². The fourth-order valence-electron chi connectivity index (χ4n) is 2.03. The van der Waals surface area contributed by atoms with Crippen molar-refractivity contribution in [2.24, 2.45) is 0 Å². The number of ether oxygens (including phenoxy) is 5. The summed E-state index contributed by atoms with van der Waals surface area (Å²) in [6.07, 6.45) is -1.30. The SMILES string of the molecule is CCOC(=O)C(OCCc1cc(OC)c(OC)c(OC)c1)C(=O)O. The number of benzene rings is 1. The zero-order chi connectivity index (χ0) is 18.1. The van der Waals surface area contributed by atoms with Gasteiger partial charge in [-0.3, -0.25) is 0 Å². The second-order valence-electron chi connectivity index (χ2n) is 4.62. The van der Waals surface area contributed by atoms with Crippen molar-refractivity contribution in [3.05, 3.63) is 17.7 Å². The van der Waals surface area contributed by atoms with Crippen molar-refractivity contribution in [2.75, 3.05) is 34.5 Å². The largest absolute Gasteiger partial charge is 0.493 e. The lowest BCUT2D eigenvalue weighted by atomic mass is 10.1. The minimum atomic E-state index is -1.65. The lowest BCUT2D eigenvalue weighted by Gasteiger charge is -2.15. The summed E-state index contributed by atoms with van der Waals surface area (Å²) in [7, 11) is 4.50. The zero-order valence-corrected chi connectivity index (χ0v) is 14.2. The molecular weight excluding hydrogens is 320 g/mol. The highest BCUT2D eigenvalue weighted by Crippen LogP contribution is 2.38. The lowest BCUT2D eigenvalue weighted by molar-refractivity contribution is -0.169. The molecular formula is C16H22O8. The van der Waals surface area contributed by atoms with Crippen molar-refractivity contribution in [1.82, 2.24) is 0 Å². The van der Waals surface area contributed by atoms with Gasteiger partial charge in [0.25, 0.3) is 6.10 Å². The monoisotopic (exact) mass is 342 g/mol. The van der Waals surface area contributed by atoms with Crippen LogP contribution in [-0.2, 0) is 25.5 Å². The van der Waals surface area contributed by atoms with E-state index in [0.29, 0.717) is 23.7 Å². The van der Waals surface area contributed by atoms with Crippen LogP contribution in [0.2, 0.25) is 0 Å². The molecule has 0 fully saturated rings. The molecule has 0 spiro atoms. The Morgan fingerprint density at radius 1 is 1.08 bits per heavy atom. The predicted molar refractivity (Wildman–Crippen MR) is 83.8 cm³/mol. The molecule has 0 aliphatic heterocycles. The molecule has 1 unspecified atom stereocenters. The van der Waals surface area contributed by atoms with Gasteiger partial charge >= 0.3 is 11.9 Å². The van der Waals surface area contributed by atoms with Gasteiger partial charge in [0.15, 0.2) is 11.5 Å². The summed E-state index contributed by atoms with van der Waals surface area (Å²) in [4.78, 5) is 22.6. The third-order valence-electron chi connectivity index (χ3n) is 3.12. The van der Waals surface area contributed by atoms with Crippen LogP contribution in [0.15, 0.2) is 12.1 Å². The Balaban J connectivity index is 2.79. The number of carbonyl (C=O) groups excluding carboxylic acids is 1. The molecule has 1 N–H and O–H groups in total. The number of hydrogen-bond donors (Lipinski definition) is 1. The minimum Gasteiger partial charge on any atom is -0.493 e. The topological polar surface area (TPSA) is 101 Å². The molecule has 0 amide bonds. The van der Waals surface area contributed by atoms with E-state index in [1.54, 1.807) is 19.1 Å². The summed E-state index contributed by atoms with van der Waals surface area (Å²) < 4.78 is 25.5. The normalized spacial score (nSPS) is 11.5. The van der Waals surface area contributed by atoms with E-state index in [1.807, 2.05) is 0 Å². The first-order valence-electron chi connectivity index (χ1n) is 7.28. The predicted octanol–water partition coefficient (Wildman–Crippen LogP) is 1.29. The molecule has 0 bridgehead atoms. The summed E-state index contributed by atoms with van der Waals surface area (Å²) in [6.45, 7) is 1.68. The first-order valence-corrected chi connectivity index (χ1v) is 7.28. The molecule has 8 heteroatoms. The number of aliphatic carboxylic acids is 1. The van der Waals surface area contributed by atoms with Crippen LogP contribution in [-0.4, -0.2) is 57.7 Å². The molecule has 24 heavy (non-hydrogen) atoms. The van der Waals surface area contributed by atoms with Gasteiger partial charge in [0, 0.05) is 0 Å². The van der Waals surface area contributed by atoms with Gasteiger partial charge in [-0.1, -0.05) is 0 Å². The Morgan fingerprint density at radius 3 is 2.08 bits per heavy atom. The maximum absolute atomic E-state index is 11.5. The zero-order valence-electron chi connectivity index (χ0n) is 14.2. The molecule has 1 rings (SSSR count). The van der Waals surface area contributed by atoms with Crippen LogP contribution in [0, 0.1) is 0 Å². The van der Waals surface area contributed by atoms with E-state index >= 15 is 0 Å². The van der Waals surface area contributed by atoms with Gasteiger partial charge < -0.3 is 28.8 Å². The molecule has 0 aromatic heterocycles. The highest BCUT2D eigenvalue weighted by molar-refractivity contribution is 5.97. The molecule has 0 aliphatic carbocycles. The van der Waals surface area contributed by atoms with Crippen molar-refractivity contribution in [3.8, 4) is 17.2 Å². The quantitative estimate of drug-likeness (QED) is 0.501. The maximum Gasteiger partial charge on any atom is 0.347 e. The molecule has 0 saturated heterocycles. The number of methoxy groups -OCH3 is 3. The van der Waals surface area contributed by atoms with Gasteiger partial charge in [-0.15, -0.1) is 0 Å². The summed E-state index contributed by atoms with van der Waals surface area (Å²) in [5, 5.41) is 9.02. The highest BCUT2D eigenvalue weighted by Gasteiger charge is 2.28. The van der Waals surface area contributed by atoms with E-state index in [-0.39, 0.29) is 13.2 Å². The number of rotatable bonds is 10. The van der Waals surface area contributed by atoms with Crippen LogP contribution < -0.4 is 14.2 Å². The second kappa shape index (κ2) is 9.61. The molecule has 1 aromatic carbocycles. The molecule has 0 aliphatic rings. The Kier molecular flexibility index (Phi) is 7.84. The van der Waals surface area contributed by atoms with E-state index in [0.717, 1.165) is 5.56 Å². The number of carboxylic acid groups (broad SMARTS) is 1. The van der Waals surface area contributed by atoms with Crippen molar-refractivity contribution in [3.63, 3.8) is 0 Å². The Bertz CT molecular complexity index is 544. The van der Waals surface area contributed by atoms with Gasteiger partial charge in [0.1, 0.15) is 0 Å². The molecule has 134 valence electrons. The van der Waals surface area contributed by atoms with Gasteiger partial charge in [-0.05, 0) is 31.0 Å². The van der Waals surface area contributed by atoms with E-state index in [9.17, 15) is 9.59 Å². The first-order chi connectivity index (χ1) is 11.5. The fraction of sp³-hybridized carbons (Fsp3) is 0.500. The molecule has 0 saturated carbocycles. The van der Waals surface area contributed by atoms with Crippen molar-refractivity contribution in [2.45, 2.75) is 19.4 Å². The van der Waals surface area contributed by atoms with Crippen LogP contribution in [0.5, 0.6) is 17.2 Å². The van der Waals surface area contributed by atoms with Gasteiger partial charge in [-0.2, -0.15) is 0 Å². The molecule has 0 heterocycles. The lowest BCUT2D eigenvalue weighted by Crippen LogP contribution is -2.35. The van der Waals surface area contributed by atoms with Crippen LogP contribution in [0.4, 0.5) is 0 Å².